The van der Waals surface area contributed by atoms with Crippen LogP contribution in [0.3, 0.4) is 0 Å². The van der Waals surface area contributed by atoms with Crippen LogP contribution in [-0.2, 0) is 6.42 Å². The zero-order chi connectivity index (χ0) is 11.9. The average molecular weight is 239 g/mol. The Morgan fingerprint density at radius 3 is 2.53 bits per heavy atom. The maximum absolute atomic E-state index is 13.7. The van der Waals surface area contributed by atoms with Crippen molar-refractivity contribution in [1.29, 1.82) is 0 Å². The molecule has 0 aliphatic carbocycles. The standard InChI is InChI=1S/C13H15F2NO/c14-10-1-2-11(15)12-9(10)3-4-13(17-12)5-7-16-8-6-13/h1-2,16H,3-8H2. The van der Waals surface area contributed by atoms with Crippen LogP contribution in [0.15, 0.2) is 12.1 Å². The lowest BCUT2D eigenvalue weighted by molar-refractivity contribution is 0.0122. The van der Waals surface area contributed by atoms with Crippen LogP contribution in [0.4, 0.5) is 8.78 Å². The maximum atomic E-state index is 13.7. The van der Waals surface area contributed by atoms with Crippen molar-refractivity contribution < 1.29 is 13.5 Å². The molecule has 1 saturated heterocycles. The molecule has 0 amide bonds. The minimum atomic E-state index is -0.445. The molecule has 0 atom stereocenters. The average Bonchev–Trinajstić information content (AvgIpc) is 2.35. The highest BCUT2D eigenvalue weighted by molar-refractivity contribution is 5.39. The molecule has 92 valence electrons. The van der Waals surface area contributed by atoms with Crippen LogP contribution < -0.4 is 10.1 Å². The van der Waals surface area contributed by atoms with Gasteiger partial charge in [0, 0.05) is 5.56 Å². The van der Waals surface area contributed by atoms with Gasteiger partial charge in [-0.05, 0) is 50.9 Å². The Morgan fingerprint density at radius 2 is 1.76 bits per heavy atom. The third-order valence-corrected chi connectivity index (χ3v) is 3.82. The molecule has 2 aliphatic rings. The van der Waals surface area contributed by atoms with Crippen molar-refractivity contribution in [3.8, 4) is 5.75 Å². The molecule has 1 N–H and O–H groups in total. The number of benzene rings is 1. The van der Waals surface area contributed by atoms with E-state index in [4.69, 9.17) is 4.74 Å². The lowest BCUT2D eigenvalue weighted by Crippen LogP contribution is -2.48. The van der Waals surface area contributed by atoms with Crippen molar-refractivity contribution >= 4 is 0 Å². The monoisotopic (exact) mass is 239 g/mol. The number of rotatable bonds is 0. The first kappa shape index (κ1) is 11.0. The van der Waals surface area contributed by atoms with E-state index in [2.05, 4.69) is 5.32 Å². The molecule has 0 aromatic heterocycles. The quantitative estimate of drug-likeness (QED) is 0.750. The third kappa shape index (κ3) is 1.80. The van der Waals surface area contributed by atoms with E-state index in [1.807, 2.05) is 0 Å². The fourth-order valence-electron chi connectivity index (χ4n) is 2.77. The second kappa shape index (κ2) is 3.95. The molecule has 0 saturated carbocycles. The van der Waals surface area contributed by atoms with E-state index in [1.165, 1.54) is 6.07 Å². The highest BCUT2D eigenvalue weighted by Gasteiger charge is 2.39. The fourth-order valence-corrected chi connectivity index (χ4v) is 2.77. The zero-order valence-corrected chi connectivity index (χ0v) is 9.56. The summed E-state index contributed by atoms with van der Waals surface area (Å²) in [7, 11) is 0. The molecule has 1 spiro atoms. The predicted octanol–water partition coefficient (Wildman–Crippen LogP) is 2.41. The fraction of sp³-hybridized carbons (Fsp3) is 0.538. The highest BCUT2D eigenvalue weighted by atomic mass is 19.1. The number of hydrogen-bond donors (Lipinski definition) is 1. The molecular weight excluding hydrogens is 224 g/mol. The number of hydrogen-bond acceptors (Lipinski definition) is 2. The first-order valence-corrected chi connectivity index (χ1v) is 6.07. The van der Waals surface area contributed by atoms with E-state index >= 15 is 0 Å². The van der Waals surface area contributed by atoms with Crippen molar-refractivity contribution in [1.82, 2.24) is 5.32 Å². The topological polar surface area (TPSA) is 21.3 Å². The molecule has 0 bridgehead atoms. The Balaban J connectivity index is 1.96. The second-order valence-electron chi connectivity index (χ2n) is 4.87. The molecule has 0 unspecified atom stereocenters. The van der Waals surface area contributed by atoms with Gasteiger partial charge in [0.15, 0.2) is 11.6 Å². The summed E-state index contributed by atoms with van der Waals surface area (Å²) >= 11 is 0. The smallest absolute Gasteiger partial charge is 0.165 e. The molecule has 1 aromatic rings. The van der Waals surface area contributed by atoms with Gasteiger partial charge in [-0.2, -0.15) is 0 Å². The highest BCUT2D eigenvalue weighted by Crippen LogP contribution is 2.40. The van der Waals surface area contributed by atoms with Crippen LogP contribution in [0.2, 0.25) is 0 Å². The predicted molar refractivity (Wildman–Crippen MR) is 60.1 cm³/mol. The molecule has 1 fully saturated rings. The van der Waals surface area contributed by atoms with E-state index in [1.54, 1.807) is 0 Å². The molecule has 17 heavy (non-hydrogen) atoms. The summed E-state index contributed by atoms with van der Waals surface area (Å²) in [5, 5.41) is 3.26. The lowest BCUT2D eigenvalue weighted by atomic mass is 9.83. The number of fused-ring (bicyclic) bond motifs is 1. The summed E-state index contributed by atoms with van der Waals surface area (Å²) in [4.78, 5) is 0. The van der Waals surface area contributed by atoms with Gasteiger partial charge in [0.1, 0.15) is 11.4 Å². The summed E-state index contributed by atoms with van der Waals surface area (Å²) in [6.07, 6.45) is 3.08. The van der Waals surface area contributed by atoms with Crippen LogP contribution in [0.5, 0.6) is 5.75 Å². The normalized spacial score (nSPS) is 22.0. The largest absolute Gasteiger partial charge is 0.484 e. The molecule has 0 radical (unpaired) electrons. The van der Waals surface area contributed by atoms with Gasteiger partial charge in [0.2, 0.25) is 0 Å². The van der Waals surface area contributed by atoms with E-state index in [9.17, 15) is 8.78 Å². The molecule has 1 aromatic carbocycles. The first-order valence-electron chi connectivity index (χ1n) is 6.07. The second-order valence-corrected chi connectivity index (χ2v) is 4.87. The maximum Gasteiger partial charge on any atom is 0.165 e. The zero-order valence-electron chi connectivity index (χ0n) is 9.56. The van der Waals surface area contributed by atoms with Crippen molar-refractivity contribution in [2.45, 2.75) is 31.3 Å². The number of halogens is 2. The number of nitrogens with one attached hydrogen (secondary N) is 1. The van der Waals surface area contributed by atoms with Crippen LogP contribution in [0, 0.1) is 11.6 Å². The Kier molecular flexibility index (Phi) is 2.54. The van der Waals surface area contributed by atoms with Crippen LogP contribution in [0.1, 0.15) is 24.8 Å². The van der Waals surface area contributed by atoms with E-state index in [0.717, 1.165) is 38.4 Å². The van der Waals surface area contributed by atoms with Gasteiger partial charge < -0.3 is 10.1 Å². The summed E-state index contributed by atoms with van der Waals surface area (Å²) in [5.41, 5.74) is 0.113. The molecule has 2 heterocycles. The Morgan fingerprint density at radius 1 is 1.06 bits per heavy atom. The van der Waals surface area contributed by atoms with Gasteiger partial charge in [-0.3, -0.25) is 0 Å². The van der Waals surface area contributed by atoms with Gasteiger partial charge in [-0.15, -0.1) is 0 Å². The molecule has 2 nitrogen and oxygen atoms in total. The van der Waals surface area contributed by atoms with Crippen molar-refractivity contribution in [3.05, 3.63) is 29.3 Å². The minimum Gasteiger partial charge on any atom is -0.484 e. The van der Waals surface area contributed by atoms with Crippen LogP contribution >= 0.6 is 0 Å². The molecule has 2 aliphatic heterocycles. The summed E-state index contributed by atoms with van der Waals surface area (Å²) in [5.74, 6) is -0.664. The Labute approximate surface area is 99.0 Å². The number of ether oxygens (including phenoxy) is 1. The third-order valence-electron chi connectivity index (χ3n) is 3.82. The molecule has 4 heteroatoms. The lowest BCUT2D eigenvalue weighted by Gasteiger charge is -2.41. The van der Waals surface area contributed by atoms with Crippen molar-refractivity contribution in [2.75, 3.05) is 13.1 Å². The Hall–Kier alpha value is -1.16. The van der Waals surface area contributed by atoms with Crippen LogP contribution in [-0.4, -0.2) is 18.7 Å². The van der Waals surface area contributed by atoms with Gasteiger partial charge in [0.05, 0.1) is 0 Å². The van der Waals surface area contributed by atoms with Crippen LogP contribution in [0.25, 0.3) is 0 Å². The molecular formula is C13H15F2NO. The van der Waals surface area contributed by atoms with E-state index < -0.39 is 5.82 Å². The van der Waals surface area contributed by atoms with Gasteiger partial charge in [0.25, 0.3) is 0 Å². The summed E-state index contributed by atoms with van der Waals surface area (Å²) in [6, 6.07) is 2.33. The minimum absolute atomic E-state index is 0.137. The SMILES string of the molecule is Fc1ccc(F)c2c1CCC1(CCNCC1)O2. The summed E-state index contributed by atoms with van der Waals surface area (Å²) in [6.45, 7) is 1.76. The van der Waals surface area contributed by atoms with Crippen molar-refractivity contribution in [2.24, 2.45) is 0 Å². The first-order chi connectivity index (χ1) is 8.20. The van der Waals surface area contributed by atoms with Crippen molar-refractivity contribution in [3.63, 3.8) is 0 Å². The summed E-state index contributed by atoms with van der Waals surface area (Å²) < 4.78 is 33.0. The van der Waals surface area contributed by atoms with Gasteiger partial charge >= 0.3 is 0 Å². The van der Waals surface area contributed by atoms with Gasteiger partial charge in [-0.1, -0.05) is 0 Å². The Bertz CT molecular complexity index is 441. The number of piperidine rings is 1. The van der Waals surface area contributed by atoms with E-state index in [0.29, 0.717) is 12.0 Å². The van der Waals surface area contributed by atoms with E-state index in [-0.39, 0.29) is 17.2 Å². The van der Waals surface area contributed by atoms with Gasteiger partial charge in [-0.25, -0.2) is 8.78 Å². The molecule has 3 rings (SSSR count).